The van der Waals surface area contributed by atoms with E-state index in [9.17, 15) is 22.0 Å². The quantitative estimate of drug-likeness (QED) is 0.495. The molecule has 1 saturated carbocycles. The van der Waals surface area contributed by atoms with Gasteiger partial charge in [-0.3, -0.25) is 4.79 Å². The molecular weight excluding hydrogens is 450 g/mol. The van der Waals surface area contributed by atoms with Gasteiger partial charge >= 0.3 is 0 Å². The van der Waals surface area contributed by atoms with Crippen molar-refractivity contribution in [2.75, 3.05) is 13.2 Å². The molecule has 0 saturated heterocycles. The summed E-state index contributed by atoms with van der Waals surface area (Å²) >= 11 is 5.96. The molecule has 0 spiro atoms. The average molecular weight is 469 g/mol. The fourth-order valence-electron chi connectivity index (χ4n) is 3.71. The van der Waals surface area contributed by atoms with Crippen LogP contribution in [0.2, 0.25) is 5.02 Å². The largest absolute Gasteiger partial charge is 0.493 e. The van der Waals surface area contributed by atoms with Crippen molar-refractivity contribution in [1.29, 1.82) is 5.26 Å². The summed E-state index contributed by atoms with van der Waals surface area (Å²) in [5.74, 6) is -2.34. The van der Waals surface area contributed by atoms with Crippen molar-refractivity contribution in [1.82, 2.24) is 5.32 Å². The van der Waals surface area contributed by atoms with E-state index in [4.69, 9.17) is 21.6 Å². The lowest BCUT2D eigenvalue weighted by atomic mass is 9.96. The van der Waals surface area contributed by atoms with Crippen LogP contribution in [0.1, 0.15) is 12.8 Å². The van der Waals surface area contributed by atoms with Gasteiger partial charge < -0.3 is 10.1 Å². The van der Waals surface area contributed by atoms with E-state index < -0.39 is 44.5 Å². The molecule has 0 radical (unpaired) electrons. The highest BCUT2D eigenvalue weighted by atomic mass is 35.5. The molecule has 31 heavy (non-hydrogen) atoms. The standard InChI is InChI=1S/C21H19ClF2N2O4S/c22-19-10-15(24)3-6-20(19)31(28,29)17-9-13(18(11-17)21(27)26-8-7-25)12-30-16-4-1-14(23)2-5-16/h1-6,10,13,17-18H,8-9,11-12H2,(H,26,27)/t13-,17?,18+/m0/s1. The number of rotatable bonds is 7. The van der Waals surface area contributed by atoms with Crippen LogP contribution in [0.15, 0.2) is 47.4 Å². The molecule has 1 aliphatic rings. The van der Waals surface area contributed by atoms with Crippen molar-refractivity contribution >= 4 is 27.3 Å². The SMILES string of the molecule is N#CCNC(=O)[C@@H]1CC(S(=O)(=O)c2ccc(F)cc2Cl)C[C@H]1COc1ccc(F)cc1. The van der Waals surface area contributed by atoms with Gasteiger partial charge in [-0.2, -0.15) is 5.26 Å². The Kier molecular flexibility index (Phi) is 7.13. The van der Waals surface area contributed by atoms with Crippen LogP contribution in [-0.4, -0.2) is 32.7 Å². The molecule has 2 aromatic rings. The first-order valence-corrected chi connectivity index (χ1v) is 11.4. The second-order valence-electron chi connectivity index (χ2n) is 7.22. The molecule has 164 valence electrons. The lowest BCUT2D eigenvalue weighted by Crippen LogP contribution is -2.34. The highest BCUT2D eigenvalue weighted by molar-refractivity contribution is 7.92. The molecule has 6 nitrogen and oxygen atoms in total. The van der Waals surface area contributed by atoms with Gasteiger partial charge in [-0.1, -0.05) is 11.6 Å². The Morgan fingerprint density at radius 2 is 1.84 bits per heavy atom. The number of hydrogen-bond donors (Lipinski definition) is 1. The summed E-state index contributed by atoms with van der Waals surface area (Å²) in [6.07, 6.45) is 0.118. The Hall–Kier alpha value is -2.70. The predicted molar refractivity (Wildman–Crippen MR) is 109 cm³/mol. The van der Waals surface area contributed by atoms with E-state index in [1.807, 2.05) is 6.07 Å². The van der Waals surface area contributed by atoms with Crippen LogP contribution in [-0.2, 0) is 14.6 Å². The van der Waals surface area contributed by atoms with Gasteiger partial charge in [0.15, 0.2) is 9.84 Å². The zero-order valence-corrected chi connectivity index (χ0v) is 17.8. The summed E-state index contributed by atoms with van der Waals surface area (Å²) in [5, 5.41) is 10.0. The second kappa shape index (κ2) is 9.62. The summed E-state index contributed by atoms with van der Waals surface area (Å²) in [5.41, 5.74) is 0. The summed E-state index contributed by atoms with van der Waals surface area (Å²) < 4.78 is 58.3. The molecule has 1 amide bonds. The van der Waals surface area contributed by atoms with E-state index in [0.29, 0.717) is 5.75 Å². The van der Waals surface area contributed by atoms with Crippen molar-refractivity contribution in [3.63, 3.8) is 0 Å². The van der Waals surface area contributed by atoms with Crippen LogP contribution in [0.3, 0.4) is 0 Å². The van der Waals surface area contributed by atoms with Gasteiger partial charge in [-0.25, -0.2) is 17.2 Å². The smallest absolute Gasteiger partial charge is 0.224 e. The van der Waals surface area contributed by atoms with Gasteiger partial charge in [-0.05, 0) is 55.3 Å². The predicted octanol–water partition coefficient (Wildman–Crippen LogP) is 3.51. The normalized spacial score (nSPS) is 20.8. The van der Waals surface area contributed by atoms with Crippen LogP contribution in [0.4, 0.5) is 8.78 Å². The number of halogens is 3. The van der Waals surface area contributed by atoms with E-state index in [1.165, 1.54) is 24.3 Å². The first kappa shape index (κ1) is 23.0. The lowest BCUT2D eigenvalue weighted by Gasteiger charge is -2.18. The highest BCUT2D eigenvalue weighted by Crippen LogP contribution is 2.40. The number of amides is 1. The molecule has 0 bridgehead atoms. The molecule has 1 N–H and O–H groups in total. The summed E-state index contributed by atoms with van der Waals surface area (Å²) in [6, 6.07) is 10.2. The molecule has 2 aromatic carbocycles. The third kappa shape index (κ3) is 5.32. The first-order chi connectivity index (χ1) is 14.7. The van der Waals surface area contributed by atoms with E-state index in [1.54, 1.807) is 0 Å². The van der Waals surface area contributed by atoms with Crippen molar-refractivity contribution < 1.29 is 26.7 Å². The zero-order chi connectivity index (χ0) is 22.6. The minimum atomic E-state index is -3.94. The van der Waals surface area contributed by atoms with Gasteiger partial charge in [0.2, 0.25) is 5.91 Å². The monoisotopic (exact) mass is 468 g/mol. The van der Waals surface area contributed by atoms with Crippen LogP contribution in [0, 0.1) is 34.8 Å². The average Bonchev–Trinajstić information content (AvgIpc) is 3.16. The second-order valence-corrected chi connectivity index (χ2v) is 9.82. The maximum atomic E-state index is 13.3. The fourth-order valence-corrected chi connectivity index (χ4v) is 6.11. The van der Waals surface area contributed by atoms with Crippen LogP contribution >= 0.6 is 11.6 Å². The van der Waals surface area contributed by atoms with Crippen molar-refractivity contribution in [2.24, 2.45) is 11.8 Å². The molecule has 0 aliphatic heterocycles. The van der Waals surface area contributed by atoms with Gasteiger partial charge in [0, 0.05) is 11.8 Å². The number of sulfone groups is 1. The molecule has 0 heterocycles. The number of carbonyl (C=O) groups is 1. The van der Waals surface area contributed by atoms with Crippen LogP contribution < -0.4 is 10.1 Å². The summed E-state index contributed by atoms with van der Waals surface area (Å²) in [4.78, 5) is 12.4. The number of carbonyl (C=O) groups excluding carboxylic acids is 1. The van der Waals surface area contributed by atoms with E-state index in [0.717, 1.165) is 18.2 Å². The Morgan fingerprint density at radius 1 is 1.16 bits per heavy atom. The molecule has 1 aliphatic carbocycles. The molecule has 3 rings (SSSR count). The molecule has 1 unspecified atom stereocenters. The van der Waals surface area contributed by atoms with Gasteiger partial charge in [0.1, 0.15) is 23.9 Å². The molecule has 0 aromatic heterocycles. The Morgan fingerprint density at radius 3 is 2.48 bits per heavy atom. The van der Waals surface area contributed by atoms with Crippen molar-refractivity contribution in [3.05, 3.63) is 59.1 Å². The minimum absolute atomic E-state index is 0.00471. The van der Waals surface area contributed by atoms with Crippen LogP contribution in [0.5, 0.6) is 5.75 Å². The van der Waals surface area contributed by atoms with E-state index in [-0.39, 0.29) is 35.9 Å². The number of nitrogens with one attached hydrogen (secondary N) is 1. The number of benzene rings is 2. The number of nitrogens with zero attached hydrogens (tertiary/aromatic N) is 1. The maximum absolute atomic E-state index is 13.3. The first-order valence-electron chi connectivity index (χ1n) is 9.44. The van der Waals surface area contributed by atoms with Crippen molar-refractivity contribution in [2.45, 2.75) is 23.0 Å². The molecular formula is C21H19ClF2N2O4S. The highest BCUT2D eigenvalue weighted by Gasteiger charge is 2.45. The van der Waals surface area contributed by atoms with Gasteiger partial charge in [0.25, 0.3) is 0 Å². The molecule has 10 heteroatoms. The molecule has 1 fully saturated rings. The minimum Gasteiger partial charge on any atom is -0.493 e. The zero-order valence-electron chi connectivity index (χ0n) is 16.2. The third-order valence-corrected chi connectivity index (χ3v) is 7.90. The summed E-state index contributed by atoms with van der Waals surface area (Å²) in [6.45, 7) is -0.179. The van der Waals surface area contributed by atoms with E-state index >= 15 is 0 Å². The topological polar surface area (TPSA) is 96.3 Å². The third-order valence-electron chi connectivity index (χ3n) is 5.25. The fraction of sp³-hybridized carbons (Fsp3) is 0.333. The Balaban J connectivity index is 1.82. The number of nitriles is 1. The number of hydrogen-bond acceptors (Lipinski definition) is 5. The Bertz CT molecular complexity index is 1100. The maximum Gasteiger partial charge on any atom is 0.224 e. The number of ether oxygens (including phenoxy) is 1. The molecule has 3 atom stereocenters. The Labute approximate surface area is 183 Å². The van der Waals surface area contributed by atoms with Gasteiger partial charge in [-0.15, -0.1) is 0 Å². The van der Waals surface area contributed by atoms with E-state index in [2.05, 4.69) is 5.32 Å². The van der Waals surface area contributed by atoms with Crippen molar-refractivity contribution in [3.8, 4) is 11.8 Å². The van der Waals surface area contributed by atoms with Crippen LogP contribution in [0.25, 0.3) is 0 Å². The van der Waals surface area contributed by atoms with Gasteiger partial charge in [0.05, 0.1) is 27.8 Å². The lowest BCUT2D eigenvalue weighted by molar-refractivity contribution is -0.126. The summed E-state index contributed by atoms with van der Waals surface area (Å²) in [7, 11) is -3.94.